The molecule has 3 heteroatoms. The summed E-state index contributed by atoms with van der Waals surface area (Å²) in [6.07, 6.45) is 0.627. The van der Waals surface area contributed by atoms with Gasteiger partial charge in [-0.05, 0) is 23.8 Å². The molecule has 0 atom stereocenters. The van der Waals surface area contributed by atoms with Crippen LogP contribution < -0.4 is 0 Å². The molecular weight excluding hydrogens is 227 g/mol. The first-order valence-electron chi connectivity index (χ1n) is 4.72. The molecule has 0 heterocycles. The Morgan fingerprint density at radius 1 is 1.06 bits per heavy atom. The SMILES string of the molecule is O=Cc1cc(F)ccc1-c1ccccc1Cl. The van der Waals surface area contributed by atoms with Gasteiger partial charge in [-0.2, -0.15) is 0 Å². The molecular formula is C13H8ClFO. The maximum absolute atomic E-state index is 13.0. The molecule has 0 aliphatic carbocycles. The lowest BCUT2D eigenvalue weighted by molar-refractivity contribution is 0.112. The van der Waals surface area contributed by atoms with Crippen molar-refractivity contribution >= 4 is 17.9 Å². The van der Waals surface area contributed by atoms with Gasteiger partial charge in [0.25, 0.3) is 0 Å². The largest absolute Gasteiger partial charge is 0.298 e. The number of halogens is 2. The highest BCUT2D eigenvalue weighted by atomic mass is 35.5. The third kappa shape index (κ3) is 1.97. The second kappa shape index (κ2) is 4.45. The predicted molar refractivity (Wildman–Crippen MR) is 62.2 cm³/mol. The first kappa shape index (κ1) is 10.8. The molecule has 0 aromatic heterocycles. The molecule has 0 bridgehead atoms. The molecule has 0 saturated carbocycles. The van der Waals surface area contributed by atoms with Crippen LogP contribution in [0, 0.1) is 5.82 Å². The minimum Gasteiger partial charge on any atom is -0.298 e. The van der Waals surface area contributed by atoms with Gasteiger partial charge >= 0.3 is 0 Å². The van der Waals surface area contributed by atoms with Crippen LogP contribution in [0.1, 0.15) is 10.4 Å². The van der Waals surface area contributed by atoms with Crippen molar-refractivity contribution in [3.8, 4) is 11.1 Å². The van der Waals surface area contributed by atoms with Crippen molar-refractivity contribution in [3.63, 3.8) is 0 Å². The lowest BCUT2D eigenvalue weighted by Gasteiger charge is -2.06. The van der Waals surface area contributed by atoms with Gasteiger partial charge in [0, 0.05) is 16.1 Å². The van der Waals surface area contributed by atoms with Crippen LogP contribution in [0.4, 0.5) is 4.39 Å². The van der Waals surface area contributed by atoms with Crippen LogP contribution in [0.5, 0.6) is 0 Å². The van der Waals surface area contributed by atoms with Gasteiger partial charge in [-0.3, -0.25) is 4.79 Å². The fourth-order valence-electron chi connectivity index (χ4n) is 1.56. The molecule has 0 amide bonds. The molecule has 0 N–H and O–H groups in total. The lowest BCUT2D eigenvalue weighted by atomic mass is 10.0. The Morgan fingerprint density at radius 2 is 1.81 bits per heavy atom. The van der Waals surface area contributed by atoms with E-state index in [9.17, 15) is 9.18 Å². The quantitative estimate of drug-likeness (QED) is 0.719. The zero-order valence-electron chi connectivity index (χ0n) is 8.28. The topological polar surface area (TPSA) is 17.1 Å². The van der Waals surface area contributed by atoms with Crippen molar-refractivity contribution in [2.75, 3.05) is 0 Å². The molecule has 0 unspecified atom stereocenters. The molecule has 2 aromatic rings. The Morgan fingerprint density at radius 3 is 2.50 bits per heavy atom. The van der Waals surface area contributed by atoms with Crippen molar-refractivity contribution in [2.24, 2.45) is 0 Å². The van der Waals surface area contributed by atoms with E-state index in [1.807, 2.05) is 6.07 Å². The second-order valence-electron chi connectivity index (χ2n) is 3.33. The summed E-state index contributed by atoms with van der Waals surface area (Å²) in [5, 5.41) is 0.539. The van der Waals surface area contributed by atoms with Gasteiger partial charge in [-0.1, -0.05) is 35.9 Å². The maximum atomic E-state index is 13.0. The summed E-state index contributed by atoms with van der Waals surface area (Å²) >= 11 is 6.02. The van der Waals surface area contributed by atoms with Gasteiger partial charge in [-0.15, -0.1) is 0 Å². The Bertz CT molecular complexity index is 537. The average molecular weight is 235 g/mol. The van der Waals surface area contributed by atoms with Crippen LogP contribution in [0.25, 0.3) is 11.1 Å². The molecule has 0 aliphatic heterocycles. The number of benzene rings is 2. The molecule has 0 saturated heterocycles. The zero-order valence-corrected chi connectivity index (χ0v) is 9.04. The van der Waals surface area contributed by atoms with Crippen LogP contribution in [0.15, 0.2) is 42.5 Å². The molecule has 0 aliphatic rings. The summed E-state index contributed by atoms with van der Waals surface area (Å²) in [5.74, 6) is -0.432. The Kier molecular flexibility index (Phi) is 3.02. The normalized spacial score (nSPS) is 10.1. The van der Waals surface area contributed by atoms with E-state index in [2.05, 4.69) is 0 Å². The van der Waals surface area contributed by atoms with Gasteiger partial charge in [0.1, 0.15) is 5.82 Å². The monoisotopic (exact) mass is 234 g/mol. The fourth-order valence-corrected chi connectivity index (χ4v) is 1.79. The minimum absolute atomic E-state index is 0.299. The van der Waals surface area contributed by atoms with Crippen LogP contribution in [-0.2, 0) is 0 Å². The first-order valence-corrected chi connectivity index (χ1v) is 5.10. The standard InChI is InChI=1S/C13H8ClFO/c14-13-4-2-1-3-12(13)11-6-5-10(15)7-9(11)8-16/h1-8H. The third-order valence-electron chi connectivity index (χ3n) is 2.30. The van der Waals surface area contributed by atoms with Crippen molar-refractivity contribution in [1.82, 2.24) is 0 Å². The number of hydrogen-bond acceptors (Lipinski definition) is 1. The van der Waals surface area contributed by atoms with Gasteiger partial charge in [-0.25, -0.2) is 4.39 Å². The van der Waals surface area contributed by atoms with Crippen LogP contribution in [0.2, 0.25) is 5.02 Å². The van der Waals surface area contributed by atoms with E-state index in [0.29, 0.717) is 22.4 Å². The number of aldehydes is 1. The number of hydrogen-bond donors (Lipinski definition) is 0. The smallest absolute Gasteiger partial charge is 0.150 e. The van der Waals surface area contributed by atoms with Crippen LogP contribution >= 0.6 is 11.6 Å². The lowest BCUT2D eigenvalue weighted by Crippen LogP contribution is -1.89. The first-order chi connectivity index (χ1) is 7.72. The van der Waals surface area contributed by atoms with Crippen molar-refractivity contribution in [2.45, 2.75) is 0 Å². The van der Waals surface area contributed by atoms with Crippen LogP contribution in [-0.4, -0.2) is 6.29 Å². The highest BCUT2D eigenvalue weighted by molar-refractivity contribution is 6.33. The van der Waals surface area contributed by atoms with E-state index < -0.39 is 5.82 Å². The summed E-state index contributed by atoms with van der Waals surface area (Å²) in [6, 6.07) is 11.2. The summed E-state index contributed by atoms with van der Waals surface area (Å²) in [6.45, 7) is 0. The number of carbonyl (C=O) groups excluding carboxylic acids is 1. The van der Waals surface area contributed by atoms with E-state index in [1.165, 1.54) is 12.1 Å². The van der Waals surface area contributed by atoms with Gasteiger partial charge in [0.15, 0.2) is 6.29 Å². The molecule has 0 fully saturated rings. The Balaban J connectivity index is 2.65. The van der Waals surface area contributed by atoms with Gasteiger partial charge in [0.2, 0.25) is 0 Å². The molecule has 16 heavy (non-hydrogen) atoms. The molecule has 0 radical (unpaired) electrons. The van der Waals surface area contributed by atoms with E-state index in [4.69, 9.17) is 11.6 Å². The van der Waals surface area contributed by atoms with E-state index in [-0.39, 0.29) is 0 Å². The second-order valence-corrected chi connectivity index (χ2v) is 3.74. The van der Waals surface area contributed by atoms with Crippen molar-refractivity contribution in [1.29, 1.82) is 0 Å². The highest BCUT2D eigenvalue weighted by Gasteiger charge is 2.08. The van der Waals surface area contributed by atoms with Gasteiger partial charge in [0.05, 0.1) is 0 Å². The summed E-state index contributed by atoms with van der Waals surface area (Å²) in [5.41, 5.74) is 1.67. The molecule has 2 aromatic carbocycles. The predicted octanol–water partition coefficient (Wildman–Crippen LogP) is 3.96. The molecule has 80 valence electrons. The minimum atomic E-state index is -0.432. The molecule has 0 spiro atoms. The van der Waals surface area contributed by atoms with E-state index >= 15 is 0 Å². The fraction of sp³-hybridized carbons (Fsp3) is 0. The zero-order chi connectivity index (χ0) is 11.5. The van der Waals surface area contributed by atoms with Gasteiger partial charge < -0.3 is 0 Å². The van der Waals surface area contributed by atoms with Crippen LogP contribution in [0.3, 0.4) is 0 Å². The average Bonchev–Trinajstić information content (AvgIpc) is 2.30. The third-order valence-corrected chi connectivity index (χ3v) is 2.63. The van der Waals surface area contributed by atoms with Crippen molar-refractivity contribution < 1.29 is 9.18 Å². The maximum Gasteiger partial charge on any atom is 0.150 e. The summed E-state index contributed by atoms with van der Waals surface area (Å²) in [7, 11) is 0. The summed E-state index contributed by atoms with van der Waals surface area (Å²) in [4.78, 5) is 10.9. The Labute approximate surface area is 97.5 Å². The van der Waals surface area contributed by atoms with Crippen molar-refractivity contribution in [3.05, 3.63) is 58.9 Å². The van der Waals surface area contributed by atoms with E-state index in [0.717, 1.165) is 5.56 Å². The number of rotatable bonds is 2. The Hall–Kier alpha value is -1.67. The molecule has 2 rings (SSSR count). The highest BCUT2D eigenvalue weighted by Crippen LogP contribution is 2.29. The molecule has 1 nitrogen and oxygen atoms in total. The number of carbonyl (C=O) groups is 1. The summed E-state index contributed by atoms with van der Waals surface area (Å²) < 4.78 is 13.0. The van der Waals surface area contributed by atoms with E-state index in [1.54, 1.807) is 24.3 Å².